The van der Waals surface area contributed by atoms with E-state index in [1.807, 2.05) is 42.5 Å². The van der Waals surface area contributed by atoms with Crippen LogP contribution in [-0.4, -0.2) is 16.8 Å². The van der Waals surface area contributed by atoms with Gasteiger partial charge in [0, 0.05) is 29.6 Å². The molecule has 1 heterocycles. The molecule has 1 aromatic heterocycles. The first-order valence-electron chi connectivity index (χ1n) is 10.2. The molecular weight excluding hydrogens is 362 g/mol. The Bertz CT molecular complexity index is 1000. The predicted octanol–water partition coefficient (Wildman–Crippen LogP) is 4.68. The fourth-order valence-corrected chi connectivity index (χ4v) is 3.87. The number of fused-ring (bicyclic) bond motifs is 1. The highest BCUT2D eigenvalue weighted by atomic mass is 16.2. The van der Waals surface area contributed by atoms with Crippen LogP contribution in [0.3, 0.4) is 0 Å². The molecule has 0 aliphatic heterocycles. The van der Waals surface area contributed by atoms with Crippen molar-refractivity contribution < 1.29 is 9.59 Å². The second-order valence-corrected chi connectivity index (χ2v) is 7.58. The number of carbonyl (C=O) groups excluding carboxylic acids is 2. The maximum absolute atomic E-state index is 12.6. The highest BCUT2D eigenvalue weighted by molar-refractivity contribution is 6.08. The maximum atomic E-state index is 12.6. The third-order valence-electron chi connectivity index (χ3n) is 5.54. The Hall–Kier alpha value is -3.21. The fraction of sp³-hybridized carbons (Fsp3) is 0.292. The summed E-state index contributed by atoms with van der Waals surface area (Å²) >= 11 is 0. The summed E-state index contributed by atoms with van der Waals surface area (Å²) in [5, 5.41) is 6.95. The summed E-state index contributed by atoms with van der Waals surface area (Å²) in [5.41, 5.74) is 3.01. The first-order valence-corrected chi connectivity index (χ1v) is 10.2. The van der Waals surface area contributed by atoms with Gasteiger partial charge in [-0.2, -0.15) is 0 Å². The molecule has 1 saturated carbocycles. The van der Waals surface area contributed by atoms with E-state index in [9.17, 15) is 9.59 Å². The highest BCUT2D eigenvalue weighted by Crippen LogP contribution is 2.24. The number of aromatic nitrogens is 1. The number of hydrogen-bond acceptors (Lipinski definition) is 3. The summed E-state index contributed by atoms with van der Waals surface area (Å²) in [4.78, 5) is 29.3. The summed E-state index contributed by atoms with van der Waals surface area (Å²) in [5.74, 6) is 0.124. The van der Waals surface area contributed by atoms with Crippen molar-refractivity contribution in [3.05, 3.63) is 71.9 Å². The number of pyridine rings is 1. The van der Waals surface area contributed by atoms with Gasteiger partial charge in [-0.15, -0.1) is 0 Å². The van der Waals surface area contributed by atoms with Crippen molar-refractivity contribution in [3.63, 3.8) is 0 Å². The molecule has 29 heavy (non-hydrogen) atoms. The molecule has 2 aromatic carbocycles. The topological polar surface area (TPSA) is 71.1 Å². The standard InChI is InChI=1S/C24H25N3O2/c28-23(19-6-2-1-3-7-19)26-16-17-11-13-20(14-12-17)24(29)27-21-10-4-8-18-9-5-15-25-22(18)21/h4-5,8-15,19H,1-3,6-7,16H2,(H,26,28)(H,27,29). The lowest BCUT2D eigenvalue weighted by molar-refractivity contribution is -0.126. The minimum absolute atomic E-state index is 0.148. The molecule has 0 spiro atoms. The van der Waals surface area contributed by atoms with Crippen LogP contribution < -0.4 is 10.6 Å². The average molecular weight is 387 g/mol. The quantitative estimate of drug-likeness (QED) is 0.667. The minimum atomic E-state index is -0.180. The van der Waals surface area contributed by atoms with Gasteiger partial charge in [0.25, 0.3) is 5.91 Å². The van der Waals surface area contributed by atoms with Crippen LogP contribution in [0.5, 0.6) is 0 Å². The molecule has 5 heteroatoms. The second-order valence-electron chi connectivity index (χ2n) is 7.58. The third kappa shape index (κ3) is 4.62. The zero-order chi connectivity index (χ0) is 20.1. The Kier molecular flexibility index (Phi) is 5.84. The average Bonchev–Trinajstić information content (AvgIpc) is 2.78. The van der Waals surface area contributed by atoms with Crippen molar-refractivity contribution in [1.82, 2.24) is 10.3 Å². The van der Waals surface area contributed by atoms with Gasteiger partial charge in [-0.25, -0.2) is 0 Å². The van der Waals surface area contributed by atoms with Gasteiger partial charge in [0.2, 0.25) is 5.91 Å². The smallest absolute Gasteiger partial charge is 0.255 e. The fourth-order valence-electron chi connectivity index (χ4n) is 3.87. The number of anilines is 1. The number of rotatable bonds is 5. The van der Waals surface area contributed by atoms with Crippen LogP contribution in [0, 0.1) is 5.92 Å². The van der Waals surface area contributed by atoms with E-state index in [0.717, 1.165) is 42.1 Å². The lowest BCUT2D eigenvalue weighted by Gasteiger charge is -2.20. The van der Waals surface area contributed by atoms with Gasteiger partial charge >= 0.3 is 0 Å². The largest absolute Gasteiger partial charge is 0.352 e. The van der Waals surface area contributed by atoms with Crippen LogP contribution in [0.1, 0.15) is 48.0 Å². The van der Waals surface area contributed by atoms with Crippen LogP contribution >= 0.6 is 0 Å². The van der Waals surface area contributed by atoms with E-state index in [1.165, 1.54) is 6.42 Å². The van der Waals surface area contributed by atoms with Crippen LogP contribution in [0.25, 0.3) is 10.9 Å². The van der Waals surface area contributed by atoms with Crippen LogP contribution in [-0.2, 0) is 11.3 Å². The molecule has 2 N–H and O–H groups in total. The Morgan fingerprint density at radius 1 is 0.931 bits per heavy atom. The van der Waals surface area contributed by atoms with Crippen molar-refractivity contribution >= 4 is 28.4 Å². The lowest BCUT2D eigenvalue weighted by Crippen LogP contribution is -2.31. The molecule has 0 radical (unpaired) electrons. The van der Waals surface area contributed by atoms with E-state index in [-0.39, 0.29) is 17.7 Å². The van der Waals surface area contributed by atoms with Gasteiger partial charge < -0.3 is 10.6 Å². The van der Waals surface area contributed by atoms with Crippen molar-refractivity contribution in [1.29, 1.82) is 0 Å². The second kappa shape index (κ2) is 8.86. The van der Waals surface area contributed by atoms with Gasteiger partial charge in [-0.1, -0.05) is 49.6 Å². The Balaban J connectivity index is 1.37. The van der Waals surface area contributed by atoms with Crippen molar-refractivity contribution in [2.75, 3.05) is 5.32 Å². The van der Waals surface area contributed by atoms with E-state index in [0.29, 0.717) is 17.8 Å². The summed E-state index contributed by atoms with van der Waals surface area (Å²) in [7, 11) is 0. The predicted molar refractivity (Wildman–Crippen MR) is 115 cm³/mol. The summed E-state index contributed by atoms with van der Waals surface area (Å²) in [6.45, 7) is 0.491. The van der Waals surface area contributed by atoms with E-state index < -0.39 is 0 Å². The monoisotopic (exact) mass is 387 g/mol. The zero-order valence-electron chi connectivity index (χ0n) is 16.4. The van der Waals surface area contributed by atoms with Crippen molar-refractivity contribution in [2.45, 2.75) is 38.6 Å². The number of carbonyl (C=O) groups is 2. The van der Waals surface area contributed by atoms with Gasteiger partial charge in [0.15, 0.2) is 0 Å². The minimum Gasteiger partial charge on any atom is -0.352 e. The molecule has 1 aliphatic carbocycles. The molecule has 1 fully saturated rings. The molecule has 5 nitrogen and oxygen atoms in total. The van der Waals surface area contributed by atoms with Crippen LogP contribution in [0.2, 0.25) is 0 Å². The van der Waals surface area contributed by atoms with Gasteiger partial charge in [-0.05, 0) is 42.7 Å². The first kappa shape index (κ1) is 19.1. The molecule has 148 valence electrons. The highest BCUT2D eigenvalue weighted by Gasteiger charge is 2.20. The van der Waals surface area contributed by atoms with Gasteiger partial charge in [0.1, 0.15) is 0 Å². The van der Waals surface area contributed by atoms with Crippen LogP contribution in [0.4, 0.5) is 5.69 Å². The van der Waals surface area contributed by atoms with E-state index in [2.05, 4.69) is 15.6 Å². The summed E-state index contributed by atoms with van der Waals surface area (Å²) in [6, 6.07) is 16.9. The molecule has 0 bridgehead atoms. The van der Waals surface area contributed by atoms with E-state index in [1.54, 1.807) is 18.3 Å². The molecule has 0 saturated heterocycles. The number of amides is 2. The van der Waals surface area contributed by atoms with Crippen molar-refractivity contribution in [3.8, 4) is 0 Å². The number of nitrogens with one attached hydrogen (secondary N) is 2. The Labute approximate surface area is 170 Å². The molecule has 4 rings (SSSR count). The number of nitrogens with zero attached hydrogens (tertiary/aromatic N) is 1. The zero-order valence-corrected chi connectivity index (χ0v) is 16.4. The van der Waals surface area contributed by atoms with Gasteiger partial charge in [-0.3, -0.25) is 14.6 Å². The Morgan fingerprint density at radius 3 is 2.48 bits per heavy atom. The van der Waals surface area contributed by atoms with Crippen molar-refractivity contribution in [2.24, 2.45) is 5.92 Å². The molecule has 3 aromatic rings. The number of benzene rings is 2. The molecule has 1 aliphatic rings. The van der Waals surface area contributed by atoms with E-state index in [4.69, 9.17) is 0 Å². The first-order chi connectivity index (χ1) is 14.2. The number of hydrogen-bond donors (Lipinski definition) is 2. The third-order valence-corrected chi connectivity index (χ3v) is 5.54. The molecule has 0 atom stereocenters. The van der Waals surface area contributed by atoms with Gasteiger partial charge in [0.05, 0.1) is 11.2 Å². The number of para-hydroxylation sites is 1. The maximum Gasteiger partial charge on any atom is 0.255 e. The summed E-state index contributed by atoms with van der Waals surface area (Å²) in [6.07, 6.45) is 7.24. The lowest BCUT2D eigenvalue weighted by atomic mass is 9.88. The SMILES string of the molecule is O=C(Nc1cccc2cccnc12)c1ccc(CNC(=O)C2CCCCC2)cc1. The molecular formula is C24H25N3O2. The molecule has 0 unspecified atom stereocenters. The normalized spacial score (nSPS) is 14.5. The summed E-state index contributed by atoms with van der Waals surface area (Å²) < 4.78 is 0. The Morgan fingerprint density at radius 2 is 1.69 bits per heavy atom. The van der Waals surface area contributed by atoms with E-state index >= 15 is 0 Å². The molecule has 2 amide bonds. The van der Waals surface area contributed by atoms with Crippen LogP contribution in [0.15, 0.2) is 60.8 Å².